The minimum atomic E-state index is -0.143. The van der Waals surface area contributed by atoms with Crippen molar-refractivity contribution in [3.63, 3.8) is 0 Å². The number of hydrogen-bond donors (Lipinski definition) is 2. The number of hydrogen-bond acceptors (Lipinski definition) is 2. The van der Waals surface area contributed by atoms with E-state index < -0.39 is 0 Å². The molecule has 134 valence electrons. The number of aryl methyl sites for hydroxylation is 1. The molecule has 3 rings (SSSR count). The second kappa shape index (κ2) is 9.42. The van der Waals surface area contributed by atoms with Crippen molar-refractivity contribution < 1.29 is 4.79 Å². The highest BCUT2D eigenvalue weighted by Gasteiger charge is 2.14. The summed E-state index contributed by atoms with van der Waals surface area (Å²) in [6, 6.07) is 22.0. The minimum Gasteiger partial charge on any atom is -0.338 e. The smallest absolute Gasteiger partial charge is 0.315 e. The number of nitrogens with one attached hydrogen (secondary N) is 2. The third-order valence-electron chi connectivity index (χ3n) is 4.20. The summed E-state index contributed by atoms with van der Waals surface area (Å²) in [5.41, 5.74) is 2.29. The van der Waals surface area contributed by atoms with Crippen LogP contribution >= 0.6 is 0 Å². The van der Waals surface area contributed by atoms with Gasteiger partial charge in [0.1, 0.15) is 0 Å². The van der Waals surface area contributed by atoms with Crippen LogP contribution in [-0.4, -0.2) is 22.4 Å². The molecule has 1 unspecified atom stereocenters. The fourth-order valence-corrected chi connectivity index (χ4v) is 2.87. The Labute approximate surface area is 154 Å². The molecule has 1 aromatic heterocycles. The van der Waals surface area contributed by atoms with Crippen molar-refractivity contribution in [1.82, 2.24) is 20.4 Å². The van der Waals surface area contributed by atoms with Crippen molar-refractivity contribution in [3.8, 4) is 0 Å². The first-order valence-electron chi connectivity index (χ1n) is 8.92. The number of rotatable bonds is 8. The molecule has 3 aromatic rings. The zero-order valence-electron chi connectivity index (χ0n) is 14.7. The molecule has 0 aliphatic carbocycles. The Bertz CT molecular complexity index is 772. The Kier molecular flexibility index (Phi) is 6.42. The highest BCUT2D eigenvalue weighted by molar-refractivity contribution is 5.74. The van der Waals surface area contributed by atoms with Gasteiger partial charge in [0.05, 0.1) is 6.04 Å². The molecule has 2 aromatic carbocycles. The lowest BCUT2D eigenvalue weighted by Gasteiger charge is -2.20. The molecule has 0 radical (unpaired) electrons. The van der Waals surface area contributed by atoms with Crippen LogP contribution < -0.4 is 10.6 Å². The van der Waals surface area contributed by atoms with Crippen LogP contribution in [-0.2, 0) is 13.0 Å². The monoisotopic (exact) mass is 348 g/mol. The standard InChI is InChI=1S/C21H24N4O/c26-21(22-13-7-15-25-16-8-14-23-25)24-20(19-11-5-2-6-12-19)17-18-9-3-1-4-10-18/h1-6,8-12,14,16,20H,7,13,15,17H2,(H2,22,24,26). The number of benzene rings is 2. The van der Waals surface area contributed by atoms with Crippen LogP contribution in [0.25, 0.3) is 0 Å². The number of nitrogens with zero attached hydrogens (tertiary/aromatic N) is 2. The van der Waals surface area contributed by atoms with Gasteiger partial charge in [-0.2, -0.15) is 5.10 Å². The van der Waals surface area contributed by atoms with Crippen LogP contribution in [0.5, 0.6) is 0 Å². The van der Waals surface area contributed by atoms with E-state index in [1.54, 1.807) is 6.20 Å². The summed E-state index contributed by atoms with van der Waals surface area (Å²) in [6.45, 7) is 1.40. The van der Waals surface area contributed by atoms with Gasteiger partial charge in [0.15, 0.2) is 0 Å². The Morgan fingerprint density at radius 2 is 1.73 bits per heavy atom. The van der Waals surface area contributed by atoms with Gasteiger partial charge in [-0.25, -0.2) is 4.79 Å². The maximum atomic E-state index is 12.3. The molecule has 5 heteroatoms. The van der Waals surface area contributed by atoms with Gasteiger partial charge in [0.2, 0.25) is 0 Å². The molecule has 26 heavy (non-hydrogen) atoms. The van der Waals surface area contributed by atoms with Gasteiger partial charge in [-0.15, -0.1) is 0 Å². The maximum Gasteiger partial charge on any atom is 0.315 e. The minimum absolute atomic E-state index is 0.0651. The van der Waals surface area contributed by atoms with E-state index in [1.807, 2.05) is 65.5 Å². The molecule has 2 N–H and O–H groups in total. The lowest BCUT2D eigenvalue weighted by molar-refractivity contribution is 0.236. The van der Waals surface area contributed by atoms with Crippen LogP contribution in [0.1, 0.15) is 23.6 Å². The Morgan fingerprint density at radius 1 is 1.00 bits per heavy atom. The van der Waals surface area contributed by atoms with Crippen LogP contribution in [0, 0.1) is 0 Å². The van der Waals surface area contributed by atoms with E-state index in [9.17, 15) is 4.79 Å². The summed E-state index contributed by atoms with van der Waals surface area (Å²) in [5.74, 6) is 0. The van der Waals surface area contributed by atoms with Crippen LogP contribution in [0.15, 0.2) is 79.1 Å². The molecule has 1 atom stereocenters. The topological polar surface area (TPSA) is 59.0 Å². The van der Waals surface area contributed by atoms with Crippen molar-refractivity contribution in [2.24, 2.45) is 0 Å². The van der Waals surface area contributed by atoms with Gasteiger partial charge in [0.25, 0.3) is 0 Å². The van der Waals surface area contributed by atoms with E-state index in [4.69, 9.17) is 0 Å². The van der Waals surface area contributed by atoms with Crippen LogP contribution in [0.4, 0.5) is 4.79 Å². The molecule has 0 saturated carbocycles. The molecule has 0 aliphatic rings. The molecule has 0 saturated heterocycles. The lowest BCUT2D eigenvalue weighted by Crippen LogP contribution is -2.39. The van der Waals surface area contributed by atoms with Gasteiger partial charge in [-0.1, -0.05) is 60.7 Å². The molecular formula is C21H24N4O. The third-order valence-corrected chi connectivity index (χ3v) is 4.20. The van der Waals surface area contributed by atoms with Gasteiger partial charge in [-0.3, -0.25) is 4.68 Å². The van der Waals surface area contributed by atoms with E-state index in [0.29, 0.717) is 6.54 Å². The highest BCUT2D eigenvalue weighted by Crippen LogP contribution is 2.18. The average molecular weight is 348 g/mol. The van der Waals surface area contributed by atoms with Crippen molar-refractivity contribution in [3.05, 3.63) is 90.3 Å². The predicted octanol–water partition coefficient (Wildman–Crippen LogP) is 3.56. The van der Waals surface area contributed by atoms with Gasteiger partial charge < -0.3 is 10.6 Å². The molecule has 0 fully saturated rings. The van der Waals surface area contributed by atoms with Gasteiger partial charge >= 0.3 is 6.03 Å². The summed E-state index contributed by atoms with van der Waals surface area (Å²) >= 11 is 0. The van der Waals surface area contributed by atoms with Crippen molar-refractivity contribution in [1.29, 1.82) is 0 Å². The van der Waals surface area contributed by atoms with Crippen molar-refractivity contribution >= 4 is 6.03 Å². The second-order valence-electron chi connectivity index (χ2n) is 6.18. The first kappa shape index (κ1) is 17.7. The van der Waals surface area contributed by atoms with Crippen LogP contribution in [0.2, 0.25) is 0 Å². The summed E-state index contributed by atoms with van der Waals surface area (Å²) in [4.78, 5) is 12.3. The quantitative estimate of drug-likeness (QED) is 0.612. The fraction of sp³-hybridized carbons (Fsp3) is 0.238. The zero-order valence-corrected chi connectivity index (χ0v) is 14.7. The molecule has 0 aliphatic heterocycles. The Hall–Kier alpha value is -3.08. The average Bonchev–Trinajstić information content (AvgIpc) is 3.20. The molecule has 2 amide bonds. The van der Waals surface area contributed by atoms with E-state index >= 15 is 0 Å². The number of carbonyl (C=O) groups is 1. The van der Waals surface area contributed by atoms with E-state index in [1.165, 1.54) is 5.56 Å². The lowest BCUT2D eigenvalue weighted by atomic mass is 9.99. The molecular weight excluding hydrogens is 324 g/mol. The first-order valence-corrected chi connectivity index (χ1v) is 8.92. The molecule has 0 bridgehead atoms. The molecule has 0 spiro atoms. The van der Waals surface area contributed by atoms with Gasteiger partial charge in [0, 0.05) is 25.5 Å². The predicted molar refractivity (Wildman–Crippen MR) is 103 cm³/mol. The normalized spacial score (nSPS) is 11.7. The van der Waals surface area contributed by atoms with Crippen molar-refractivity contribution in [2.75, 3.05) is 6.54 Å². The maximum absolute atomic E-state index is 12.3. The van der Waals surface area contributed by atoms with Crippen LogP contribution in [0.3, 0.4) is 0 Å². The van der Waals surface area contributed by atoms with E-state index in [-0.39, 0.29) is 12.1 Å². The van der Waals surface area contributed by atoms with Gasteiger partial charge in [-0.05, 0) is 30.0 Å². The number of amides is 2. The number of urea groups is 1. The summed E-state index contributed by atoms with van der Waals surface area (Å²) in [6.07, 6.45) is 5.27. The SMILES string of the molecule is O=C(NCCCn1cccn1)NC(Cc1ccccc1)c1ccccc1. The van der Waals surface area contributed by atoms with E-state index in [2.05, 4.69) is 27.9 Å². The summed E-state index contributed by atoms with van der Waals surface area (Å²) in [5, 5.41) is 10.2. The van der Waals surface area contributed by atoms with E-state index in [0.717, 1.165) is 24.9 Å². The molecule has 5 nitrogen and oxygen atoms in total. The third kappa shape index (κ3) is 5.48. The number of carbonyl (C=O) groups excluding carboxylic acids is 1. The molecule has 1 heterocycles. The second-order valence-corrected chi connectivity index (χ2v) is 6.18. The Morgan fingerprint density at radius 3 is 2.42 bits per heavy atom. The summed E-state index contributed by atoms with van der Waals surface area (Å²) in [7, 11) is 0. The largest absolute Gasteiger partial charge is 0.338 e. The summed E-state index contributed by atoms with van der Waals surface area (Å²) < 4.78 is 1.86. The first-order chi connectivity index (χ1) is 12.8. The van der Waals surface area contributed by atoms with Crippen molar-refractivity contribution in [2.45, 2.75) is 25.4 Å². The zero-order chi connectivity index (χ0) is 18.0. The number of aromatic nitrogens is 2. The Balaban J connectivity index is 1.53. The highest BCUT2D eigenvalue weighted by atomic mass is 16.2. The fourth-order valence-electron chi connectivity index (χ4n) is 2.87.